The minimum Gasteiger partial charge on any atom is -0.492 e. The Morgan fingerprint density at radius 1 is 1.22 bits per heavy atom. The number of sulfonamides is 1. The number of hydrogen-bond donors (Lipinski definition) is 0. The molecule has 1 amide bonds. The van der Waals surface area contributed by atoms with E-state index in [1.54, 1.807) is 0 Å². The summed E-state index contributed by atoms with van der Waals surface area (Å²) in [5.74, 6) is 0.288. The van der Waals surface area contributed by atoms with Crippen LogP contribution in [-0.2, 0) is 21.4 Å². The third kappa shape index (κ3) is 4.22. The average Bonchev–Trinajstić information content (AvgIpc) is 3.40. The zero-order valence-electron chi connectivity index (χ0n) is 17.8. The van der Waals surface area contributed by atoms with Crippen LogP contribution in [0.2, 0.25) is 5.02 Å². The van der Waals surface area contributed by atoms with Gasteiger partial charge in [0.2, 0.25) is 10.0 Å². The van der Waals surface area contributed by atoms with Crippen LogP contribution < -0.4 is 9.54 Å². The summed E-state index contributed by atoms with van der Waals surface area (Å²) < 4.78 is 36.2. The van der Waals surface area contributed by atoms with Crippen molar-refractivity contribution in [1.82, 2.24) is 8.87 Å². The zero-order chi connectivity index (χ0) is 22.9. The van der Waals surface area contributed by atoms with Gasteiger partial charge in [-0.05, 0) is 63.1 Å². The van der Waals surface area contributed by atoms with Gasteiger partial charge in [-0.1, -0.05) is 29.0 Å². The number of aromatic nitrogens is 1. The fourth-order valence-electron chi connectivity index (χ4n) is 3.93. The molecule has 1 aliphatic rings. The number of nitrogens with zero attached hydrogens (tertiary/aromatic N) is 3. The number of carbonyl (C=O) groups is 1. The van der Waals surface area contributed by atoms with Gasteiger partial charge in [0.25, 0.3) is 5.91 Å². The number of amides is 1. The van der Waals surface area contributed by atoms with Gasteiger partial charge >= 0.3 is 0 Å². The van der Waals surface area contributed by atoms with E-state index in [0.717, 1.165) is 16.0 Å². The minimum absolute atomic E-state index is 0.119. The Balaban J connectivity index is 1.72. The number of rotatable bonds is 6. The number of aryl methyl sites for hydroxylation is 1. The number of halogens is 1. The molecule has 0 aliphatic carbocycles. The van der Waals surface area contributed by atoms with Gasteiger partial charge < -0.3 is 9.30 Å². The van der Waals surface area contributed by atoms with Gasteiger partial charge in [-0.2, -0.15) is 9.30 Å². The number of ether oxygens (including phenoxy) is 1. The lowest BCUT2D eigenvalue weighted by Crippen LogP contribution is -2.40. The van der Waals surface area contributed by atoms with Crippen molar-refractivity contribution in [2.24, 2.45) is 4.99 Å². The van der Waals surface area contributed by atoms with Crippen LogP contribution >= 0.6 is 22.9 Å². The lowest BCUT2D eigenvalue weighted by molar-refractivity contribution is -0.121. The molecular weight excluding hydrogens is 470 g/mol. The van der Waals surface area contributed by atoms with E-state index in [-0.39, 0.29) is 11.4 Å². The van der Waals surface area contributed by atoms with Crippen molar-refractivity contribution >= 4 is 49.1 Å². The molecule has 2 heterocycles. The molecule has 0 saturated carbocycles. The van der Waals surface area contributed by atoms with Crippen LogP contribution in [0.3, 0.4) is 0 Å². The lowest BCUT2D eigenvalue weighted by Gasteiger charge is -2.21. The molecule has 1 atom stereocenters. The fourth-order valence-corrected chi connectivity index (χ4v) is 6.83. The first-order valence-corrected chi connectivity index (χ1v) is 13.1. The van der Waals surface area contributed by atoms with E-state index in [4.69, 9.17) is 16.3 Å². The molecule has 1 saturated heterocycles. The Hall–Kier alpha value is -2.20. The summed E-state index contributed by atoms with van der Waals surface area (Å²) in [7, 11) is -3.83. The molecule has 1 unspecified atom stereocenters. The zero-order valence-corrected chi connectivity index (χ0v) is 20.2. The number of benzene rings is 2. The van der Waals surface area contributed by atoms with Crippen LogP contribution in [0.1, 0.15) is 26.7 Å². The highest BCUT2D eigenvalue weighted by atomic mass is 35.5. The van der Waals surface area contributed by atoms with E-state index in [0.29, 0.717) is 35.8 Å². The second kappa shape index (κ2) is 9.35. The molecule has 4 rings (SSSR count). The van der Waals surface area contributed by atoms with Crippen molar-refractivity contribution < 1.29 is 17.9 Å². The van der Waals surface area contributed by atoms with Crippen molar-refractivity contribution in [3.8, 4) is 5.75 Å². The van der Waals surface area contributed by atoms with Gasteiger partial charge in [-0.3, -0.25) is 4.79 Å². The van der Waals surface area contributed by atoms with Gasteiger partial charge in [0.1, 0.15) is 17.3 Å². The highest BCUT2D eigenvalue weighted by molar-refractivity contribution is 7.89. The first-order valence-electron chi connectivity index (χ1n) is 10.5. The maximum absolute atomic E-state index is 13.2. The summed E-state index contributed by atoms with van der Waals surface area (Å²) in [6.45, 7) is 5.32. The average molecular weight is 494 g/mol. The molecular formula is C22H24ClN3O4S2. The molecule has 2 aromatic carbocycles. The number of para-hydroxylation sites is 1. The maximum atomic E-state index is 13.2. The van der Waals surface area contributed by atoms with Crippen LogP contribution in [0.5, 0.6) is 5.75 Å². The van der Waals surface area contributed by atoms with E-state index in [1.807, 2.05) is 36.6 Å². The van der Waals surface area contributed by atoms with Crippen molar-refractivity contribution in [2.75, 3.05) is 13.2 Å². The molecule has 10 heteroatoms. The van der Waals surface area contributed by atoms with Crippen molar-refractivity contribution in [3.63, 3.8) is 0 Å². The predicted molar refractivity (Wildman–Crippen MR) is 126 cm³/mol. The monoisotopic (exact) mass is 493 g/mol. The third-order valence-corrected chi connectivity index (χ3v) is 8.61. The largest absolute Gasteiger partial charge is 0.492 e. The number of thiazole rings is 1. The third-order valence-electron chi connectivity index (χ3n) is 5.39. The molecule has 32 heavy (non-hydrogen) atoms. The number of fused-ring (bicyclic) bond motifs is 1. The molecule has 7 nitrogen and oxygen atoms in total. The summed E-state index contributed by atoms with van der Waals surface area (Å²) in [6, 6.07) is 10.9. The van der Waals surface area contributed by atoms with Crippen molar-refractivity contribution in [2.45, 2.75) is 44.2 Å². The van der Waals surface area contributed by atoms with Gasteiger partial charge in [0, 0.05) is 18.1 Å². The van der Waals surface area contributed by atoms with Crippen LogP contribution in [0.15, 0.2) is 52.4 Å². The Bertz CT molecular complexity index is 1310. The molecule has 170 valence electrons. The minimum atomic E-state index is -3.83. The quantitative estimate of drug-likeness (QED) is 0.518. The summed E-state index contributed by atoms with van der Waals surface area (Å²) in [4.78, 5) is 18.2. The smallest absolute Gasteiger partial charge is 0.266 e. The molecule has 3 aromatic rings. The van der Waals surface area contributed by atoms with Gasteiger partial charge in [0.15, 0.2) is 4.80 Å². The highest BCUT2D eigenvalue weighted by Gasteiger charge is 2.39. The second-order valence-electron chi connectivity index (χ2n) is 7.34. The standard InChI is InChI=1S/C22H24ClN3O4S2/c1-3-25-20-18(30-4-2)8-5-9-19(20)31-22(25)24-21(27)17-7-6-14-26(17)32(28,29)16-12-10-15(23)11-13-16/h5,8-13,17H,3-4,6-7,14H2,1-2H3. The number of hydrogen-bond acceptors (Lipinski definition) is 5. The van der Waals surface area contributed by atoms with Crippen molar-refractivity contribution in [1.29, 1.82) is 0 Å². The Morgan fingerprint density at radius 2 is 1.97 bits per heavy atom. The van der Waals surface area contributed by atoms with Crippen LogP contribution in [-0.4, -0.2) is 42.4 Å². The lowest BCUT2D eigenvalue weighted by atomic mass is 10.2. The Kier molecular flexibility index (Phi) is 6.71. The van der Waals surface area contributed by atoms with Gasteiger partial charge in [-0.25, -0.2) is 8.42 Å². The molecule has 0 bridgehead atoms. The first-order chi connectivity index (χ1) is 15.4. The van der Waals surface area contributed by atoms with E-state index in [2.05, 4.69) is 4.99 Å². The SMILES string of the molecule is CCOc1cccc2sc(=NC(=O)C3CCCN3S(=O)(=O)c3ccc(Cl)cc3)n(CC)c12. The Morgan fingerprint density at radius 3 is 2.66 bits per heavy atom. The summed E-state index contributed by atoms with van der Waals surface area (Å²) >= 11 is 7.29. The summed E-state index contributed by atoms with van der Waals surface area (Å²) in [5, 5.41) is 0.452. The van der Waals surface area contributed by atoms with Crippen LogP contribution in [0.25, 0.3) is 10.2 Å². The van der Waals surface area contributed by atoms with Gasteiger partial charge in [-0.15, -0.1) is 0 Å². The van der Waals surface area contributed by atoms with E-state index >= 15 is 0 Å². The van der Waals surface area contributed by atoms with E-state index in [1.165, 1.54) is 39.9 Å². The number of carbonyl (C=O) groups excluding carboxylic acids is 1. The van der Waals surface area contributed by atoms with Crippen LogP contribution in [0, 0.1) is 0 Å². The second-order valence-corrected chi connectivity index (χ2v) is 10.7. The van der Waals surface area contributed by atoms with Crippen molar-refractivity contribution in [3.05, 3.63) is 52.3 Å². The maximum Gasteiger partial charge on any atom is 0.266 e. The predicted octanol–water partition coefficient (Wildman–Crippen LogP) is 4.06. The molecule has 1 aromatic heterocycles. The highest BCUT2D eigenvalue weighted by Crippen LogP contribution is 2.29. The Labute approximate surface area is 196 Å². The molecule has 1 aliphatic heterocycles. The first kappa shape index (κ1) is 23.0. The summed E-state index contributed by atoms with van der Waals surface area (Å²) in [5.41, 5.74) is 0.894. The summed E-state index contributed by atoms with van der Waals surface area (Å²) in [6.07, 6.45) is 1.05. The topological polar surface area (TPSA) is 81.0 Å². The van der Waals surface area contributed by atoms with E-state index < -0.39 is 22.0 Å². The molecule has 1 fully saturated rings. The molecule has 0 spiro atoms. The normalized spacial score (nSPS) is 17.8. The van der Waals surface area contributed by atoms with Gasteiger partial charge in [0.05, 0.1) is 16.2 Å². The molecule has 0 radical (unpaired) electrons. The molecule has 0 N–H and O–H groups in total. The van der Waals surface area contributed by atoms with E-state index in [9.17, 15) is 13.2 Å². The fraction of sp³-hybridized carbons (Fsp3) is 0.364. The van der Waals surface area contributed by atoms with Crippen LogP contribution in [0.4, 0.5) is 0 Å².